The van der Waals surface area contributed by atoms with Crippen LogP contribution in [0.1, 0.15) is 19.2 Å². The van der Waals surface area contributed by atoms with Crippen LogP contribution in [-0.2, 0) is 13.2 Å². The zero-order valence-corrected chi connectivity index (χ0v) is 9.51. The molecule has 2 aromatic heterocycles. The van der Waals surface area contributed by atoms with Crippen molar-refractivity contribution >= 4 is 0 Å². The lowest BCUT2D eigenvalue weighted by molar-refractivity contribution is 0.269. The van der Waals surface area contributed by atoms with Gasteiger partial charge in [-0.25, -0.2) is 14.6 Å². The number of hydrogen-bond donors (Lipinski definition) is 0. The first-order valence-electron chi connectivity index (χ1n) is 5.41. The van der Waals surface area contributed by atoms with Gasteiger partial charge in [-0.3, -0.25) is 0 Å². The molecule has 90 valence electrons. The van der Waals surface area contributed by atoms with Crippen molar-refractivity contribution in [2.45, 2.75) is 26.5 Å². The number of pyridine rings is 1. The molecule has 0 atom stereocenters. The molecule has 0 radical (unpaired) electrons. The zero-order chi connectivity index (χ0) is 12.1. The molecule has 0 aromatic carbocycles. The summed E-state index contributed by atoms with van der Waals surface area (Å²) in [6, 6.07) is 3.15. The molecular weight excluding hydrogens is 223 g/mol. The molecule has 0 saturated carbocycles. The van der Waals surface area contributed by atoms with Gasteiger partial charge in [0.1, 0.15) is 12.9 Å². The molecule has 0 fully saturated rings. The molecule has 0 unspecified atom stereocenters. The highest BCUT2D eigenvalue weighted by molar-refractivity contribution is 5.17. The van der Waals surface area contributed by atoms with Crippen LogP contribution in [0.3, 0.4) is 0 Å². The summed E-state index contributed by atoms with van der Waals surface area (Å²) in [6.07, 6.45) is 3.80. The summed E-state index contributed by atoms with van der Waals surface area (Å²) in [4.78, 5) is 7.57. The van der Waals surface area contributed by atoms with E-state index in [0.717, 1.165) is 13.0 Å². The number of ether oxygens (including phenoxy) is 1. The lowest BCUT2D eigenvalue weighted by Gasteiger charge is -2.07. The smallest absolute Gasteiger partial charge is 0.255 e. The van der Waals surface area contributed by atoms with Crippen LogP contribution >= 0.6 is 0 Å². The quantitative estimate of drug-likeness (QED) is 0.743. The van der Waals surface area contributed by atoms with Crippen molar-refractivity contribution in [3.63, 3.8) is 0 Å². The van der Waals surface area contributed by atoms with Gasteiger partial charge >= 0.3 is 0 Å². The Kier molecular flexibility index (Phi) is 3.64. The minimum Gasteiger partial charge on any atom is -0.481 e. The van der Waals surface area contributed by atoms with E-state index < -0.39 is 5.95 Å². The SMILES string of the molecule is CCCn1ncnc1COc1cccnc1F. The first kappa shape index (κ1) is 11.5. The topological polar surface area (TPSA) is 52.8 Å². The Labute approximate surface area is 98.3 Å². The fourth-order valence-electron chi connectivity index (χ4n) is 1.42. The third kappa shape index (κ3) is 2.77. The predicted octanol–water partition coefficient (Wildman–Crippen LogP) is 1.80. The monoisotopic (exact) mass is 236 g/mol. The van der Waals surface area contributed by atoms with Crippen LogP contribution in [0.25, 0.3) is 0 Å². The number of halogens is 1. The van der Waals surface area contributed by atoms with Crippen molar-refractivity contribution in [2.75, 3.05) is 0 Å². The molecule has 0 spiro atoms. The summed E-state index contributed by atoms with van der Waals surface area (Å²) in [5.41, 5.74) is 0. The molecule has 17 heavy (non-hydrogen) atoms. The summed E-state index contributed by atoms with van der Waals surface area (Å²) >= 11 is 0. The number of aromatic nitrogens is 4. The Morgan fingerprint density at radius 1 is 1.41 bits per heavy atom. The maximum absolute atomic E-state index is 13.2. The van der Waals surface area contributed by atoms with Gasteiger partial charge in [-0.15, -0.1) is 0 Å². The van der Waals surface area contributed by atoms with Gasteiger partial charge in [0.15, 0.2) is 11.6 Å². The summed E-state index contributed by atoms with van der Waals surface area (Å²) < 4.78 is 20.2. The van der Waals surface area contributed by atoms with E-state index in [0.29, 0.717) is 5.82 Å². The molecule has 0 bridgehead atoms. The van der Waals surface area contributed by atoms with E-state index in [1.165, 1.54) is 18.6 Å². The average Bonchev–Trinajstić information content (AvgIpc) is 2.76. The van der Waals surface area contributed by atoms with Crippen molar-refractivity contribution < 1.29 is 9.13 Å². The van der Waals surface area contributed by atoms with Crippen LogP contribution in [-0.4, -0.2) is 19.7 Å². The molecule has 0 aliphatic heterocycles. The number of rotatable bonds is 5. The largest absolute Gasteiger partial charge is 0.481 e. The summed E-state index contributed by atoms with van der Waals surface area (Å²) in [7, 11) is 0. The van der Waals surface area contributed by atoms with Gasteiger partial charge in [-0.1, -0.05) is 6.92 Å². The van der Waals surface area contributed by atoms with Crippen LogP contribution in [0.2, 0.25) is 0 Å². The van der Waals surface area contributed by atoms with Gasteiger partial charge in [0.2, 0.25) is 0 Å². The van der Waals surface area contributed by atoms with Crippen molar-refractivity contribution in [1.29, 1.82) is 0 Å². The number of nitrogens with zero attached hydrogens (tertiary/aromatic N) is 4. The van der Waals surface area contributed by atoms with E-state index in [4.69, 9.17) is 4.74 Å². The molecule has 5 nitrogen and oxygen atoms in total. The van der Waals surface area contributed by atoms with Crippen molar-refractivity contribution in [3.8, 4) is 5.75 Å². The Bertz CT molecular complexity index is 486. The van der Waals surface area contributed by atoms with E-state index >= 15 is 0 Å². The summed E-state index contributed by atoms with van der Waals surface area (Å²) in [5.74, 6) is 0.183. The Morgan fingerprint density at radius 3 is 3.06 bits per heavy atom. The van der Waals surface area contributed by atoms with Crippen molar-refractivity contribution in [3.05, 3.63) is 36.4 Å². The van der Waals surface area contributed by atoms with Crippen LogP contribution in [0, 0.1) is 5.95 Å². The standard InChI is InChI=1S/C11H13FN4O/c1-2-6-16-10(14-8-15-16)7-17-9-4-3-5-13-11(9)12/h3-5,8H,2,6-7H2,1H3. The fourth-order valence-corrected chi connectivity index (χ4v) is 1.42. The average molecular weight is 236 g/mol. The predicted molar refractivity (Wildman–Crippen MR) is 58.8 cm³/mol. The molecule has 0 amide bonds. The Balaban J connectivity index is 2.02. The lowest BCUT2D eigenvalue weighted by Crippen LogP contribution is -2.09. The molecule has 2 rings (SSSR count). The van der Waals surface area contributed by atoms with E-state index in [2.05, 4.69) is 15.1 Å². The van der Waals surface area contributed by atoms with Crippen LogP contribution in [0.15, 0.2) is 24.7 Å². The molecule has 6 heteroatoms. The third-order valence-electron chi connectivity index (χ3n) is 2.21. The van der Waals surface area contributed by atoms with E-state index in [1.807, 2.05) is 6.92 Å². The van der Waals surface area contributed by atoms with Crippen LogP contribution in [0.4, 0.5) is 4.39 Å². The fraction of sp³-hybridized carbons (Fsp3) is 0.364. The minimum absolute atomic E-state index is 0.124. The normalized spacial score (nSPS) is 10.5. The first-order chi connectivity index (χ1) is 8.31. The third-order valence-corrected chi connectivity index (χ3v) is 2.21. The summed E-state index contributed by atoms with van der Waals surface area (Å²) in [6.45, 7) is 3.00. The highest BCUT2D eigenvalue weighted by atomic mass is 19.1. The molecule has 0 N–H and O–H groups in total. The van der Waals surface area contributed by atoms with Gasteiger partial charge in [-0.2, -0.15) is 9.49 Å². The zero-order valence-electron chi connectivity index (χ0n) is 9.51. The highest BCUT2D eigenvalue weighted by Crippen LogP contribution is 2.14. The first-order valence-corrected chi connectivity index (χ1v) is 5.41. The van der Waals surface area contributed by atoms with Gasteiger partial charge in [-0.05, 0) is 18.6 Å². The van der Waals surface area contributed by atoms with Crippen molar-refractivity contribution in [1.82, 2.24) is 19.7 Å². The van der Waals surface area contributed by atoms with Crippen LogP contribution < -0.4 is 4.74 Å². The molecule has 0 saturated heterocycles. The van der Waals surface area contributed by atoms with E-state index in [1.54, 1.807) is 10.7 Å². The minimum atomic E-state index is -0.617. The van der Waals surface area contributed by atoms with Gasteiger partial charge in [0.05, 0.1) is 0 Å². The molecular formula is C11H13FN4O. The Morgan fingerprint density at radius 2 is 2.29 bits per heavy atom. The maximum atomic E-state index is 13.2. The second-order valence-electron chi connectivity index (χ2n) is 3.48. The molecule has 0 aliphatic rings. The van der Waals surface area contributed by atoms with Gasteiger partial charge in [0, 0.05) is 12.7 Å². The van der Waals surface area contributed by atoms with Crippen molar-refractivity contribution in [2.24, 2.45) is 0 Å². The number of aryl methyl sites for hydroxylation is 1. The van der Waals surface area contributed by atoms with E-state index in [9.17, 15) is 4.39 Å². The maximum Gasteiger partial charge on any atom is 0.255 e. The molecule has 2 heterocycles. The summed E-state index contributed by atoms with van der Waals surface area (Å²) in [5, 5.41) is 4.06. The molecule has 0 aliphatic carbocycles. The second-order valence-corrected chi connectivity index (χ2v) is 3.48. The van der Waals surface area contributed by atoms with Gasteiger partial charge in [0.25, 0.3) is 5.95 Å². The Hall–Kier alpha value is -1.98. The highest BCUT2D eigenvalue weighted by Gasteiger charge is 2.07. The van der Waals surface area contributed by atoms with Gasteiger partial charge < -0.3 is 4.74 Å². The van der Waals surface area contributed by atoms with E-state index in [-0.39, 0.29) is 12.4 Å². The molecule has 2 aromatic rings. The number of hydrogen-bond acceptors (Lipinski definition) is 4. The lowest BCUT2D eigenvalue weighted by atomic mass is 10.4. The second kappa shape index (κ2) is 5.38. The van der Waals surface area contributed by atoms with Crippen LogP contribution in [0.5, 0.6) is 5.75 Å².